The van der Waals surface area contributed by atoms with E-state index in [9.17, 15) is 23.8 Å². The number of benzene rings is 2. The van der Waals surface area contributed by atoms with Gasteiger partial charge in [-0.25, -0.2) is 8.78 Å². The highest BCUT2D eigenvalue weighted by Gasteiger charge is 2.22. The molecule has 0 bridgehead atoms. The summed E-state index contributed by atoms with van der Waals surface area (Å²) in [4.78, 5) is 15.2. The number of hydrogen-bond acceptors (Lipinski definition) is 7. The van der Waals surface area contributed by atoms with Gasteiger partial charge in [-0.05, 0) is 18.2 Å². The molecule has 9 heteroatoms. The van der Waals surface area contributed by atoms with E-state index in [2.05, 4.69) is 10.2 Å². The molecule has 0 unspecified atom stereocenters. The van der Waals surface area contributed by atoms with Crippen molar-refractivity contribution in [3.05, 3.63) is 52.2 Å². The topological polar surface area (TPSA) is 95.2 Å². The first-order valence-electron chi connectivity index (χ1n) is 9.48. The average Bonchev–Trinajstić information content (AvgIpc) is 2.71. The molecule has 30 heavy (non-hydrogen) atoms. The van der Waals surface area contributed by atoms with Crippen molar-refractivity contribution in [2.75, 3.05) is 39.3 Å². The van der Waals surface area contributed by atoms with E-state index in [1.807, 2.05) is 0 Å². The lowest BCUT2D eigenvalue weighted by atomic mass is 10.1. The van der Waals surface area contributed by atoms with Gasteiger partial charge < -0.3 is 24.7 Å². The number of aromatic hydroxyl groups is 2. The standard InChI is InChI=1S/C21H20F2N2O5/c22-14-2-1-12(9-15(14)23)20-21(29-8-7-25-5-3-24-4-6-25)19(28)18-16(27)10-13(26)11-17(18)30-20/h1-2,9-11,24,26-27H,3-8H2. The van der Waals surface area contributed by atoms with Crippen molar-refractivity contribution in [3.63, 3.8) is 0 Å². The fourth-order valence-electron chi connectivity index (χ4n) is 3.44. The Labute approximate surface area is 170 Å². The molecule has 3 N–H and O–H groups in total. The van der Waals surface area contributed by atoms with E-state index in [4.69, 9.17) is 9.15 Å². The van der Waals surface area contributed by atoms with Gasteiger partial charge in [-0.15, -0.1) is 0 Å². The summed E-state index contributed by atoms with van der Waals surface area (Å²) in [5, 5.41) is 22.9. The van der Waals surface area contributed by atoms with Gasteiger partial charge >= 0.3 is 0 Å². The number of rotatable bonds is 5. The van der Waals surface area contributed by atoms with Gasteiger partial charge in [0, 0.05) is 50.4 Å². The second-order valence-corrected chi connectivity index (χ2v) is 7.00. The predicted molar refractivity (Wildman–Crippen MR) is 106 cm³/mol. The SMILES string of the molecule is O=c1c(OCCN2CCNCC2)c(-c2ccc(F)c(F)c2)oc2cc(O)cc(O)c12. The summed E-state index contributed by atoms with van der Waals surface area (Å²) in [6.07, 6.45) is 0. The normalized spacial score (nSPS) is 14.9. The Balaban J connectivity index is 1.77. The minimum Gasteiger partial charge on any atom is -0.508 e. The lowest BCUT2D eigenvalue weighted by Gasteiger charge is -2.27. The number of halogens is 2. The molecule has 7 nitrogen and oxygen atoms in total. The molecule has 158 valence electrons. The first-order valence-corrected chi connectivity index (χ1v) is 9.48. The number of phenolic OH excluding ortho intramolecular Hbond substituents is 2. The summed E-state index contributed by atoms with van der Waals surface area (Å²) in [5.41, 5.74) is -0.687. The van der Waals surface area contributed by atoms with E-state index >= 15 is 0 Å². The zero-order valence-corrected chi connectivity index (χ0v) is 16.0. The van der Waals surface area contributed by atoms with E-state index in [-0.39, 0.29) is 40.4 Å². The van der Waals surface area contributed by atoms with Crippen LogP contribution in [0.5, 0.6) is 17.2 Å². The van der Waals surface area contributed by atoms with E-state index in [1.54, 1.807) is 0 Å². The Morgan fingerprint density at radius 3 is 2.60 bits per heavy atom. The van der Waals surface area contributed by atoms with Gasteiger partial charge in [-0.2, -0.15) is 0 Å². The second-order valence-electron chi connectivity index (χ2n) is 7.00. The zero-order chi connectivity index (χ0) is 21.3. The first kappa shape index (κ1) is 20.1. The minimum atomic E-state index is -1.11. The number of nitrogens with one attached hydrogen (secondary N) is 1. The molecule has 1 aromatic heterocycles. The molecule has 4 rings (SSSR count). The van der Waals surface area contributed by atoms with Crippen LogP contribution in [0.3, 0.4) is 0 Å². The molecule has 2 heterocycles. The van der Waals surface area contributed by atoms with Crippen molar-refractivity contribution in [2.45, 2.75) is 0 Å². The Bertz CT molecular complexity index is 1140. The molecule has 1 fully saturated rings. The number of nitrogens with zero attached hydrogens (tertiary/aromatic N) is 1. The minimum absolute atomic E-state index is 0.0907. The Kier molecular flexibility index (Phi) is 5.56. The lowest BCUT2D eigenvalue weighted by molar-refractivity contribution is 0.189. The highest BCUT2D eigenvalue weighted by Crippen LogP contribution is 2.36. The molecule has 0 amide bonds. The Hall–Kier alpha value is -3.17. The molecule has 0 radical (unpaired) electrons. The molecule has 3 aromatic rings. The predicted octanol–water partition coefficient (Wildman–Crippen LogP) is 2.43. The third-order valence-corrected chi connectivity index (χ3v) is 4.96. The fourth-order valence-corrected chi connectivity index (χ4v) is 3.44. The van der Waals surface area contributed by atoms with E-state index in [1.165, 1.54) is 6.07 Å². The maximum Gasteiger partial charge on any atom is 0.239 e. The van der Waals surface area contributed by atoms with Gasteiger partial charge in [0.2, 0.25) is 11.2 Å². The molecular weight excluding hydrogens is 398 g/mol. The third kappa shape index (κ3) is 3.94. The summed E-state index contributed by atoms with van der Waals surface area (Å²) < 4.78 is 38.6. The van der Waals surface area contributed by atoms with Gasteiger partial charge in [0.25, 0.3) is 0 Å². The maximum absolute atomic E-state index is 13.8. The van der Waals surface area contributed by atoms with E-state index in [0.29, 0.717) is 6.54 Å². The highest BCUT2D eigenvalue weighted by molar-refractivity contribution is 5.88. The Morgan fingerprint density at radius 1 is 1.10 bits per heavy atom. The van der Waals surface area contributed by atoms with E-state index < -0.39 is 22.8 Å². The van der Waals surface area contributed by atoms with Gasteiger partial charge in [-0.1, -0.05) is 0 Å². The molecule has 1 saturated heterocycles. The van der Waals surface area contributed by atoms with Crippen molar-refractivity contribution in [3.8, 4) is 28.6 Å². The van der Waals surface area contributed by atoms with Crippen LogP contribution < -0.4 is 15.5 Å². The summed E-state index contributed by atoms with van der Waals surface area (Å²) >= 11 is 0. The summed E-state index contributed by atoms with van der Waals surface area (Å²) in [6.45, 7) is 4.10. The molecule has 2 aromatic carbocycles. The molecule has 0 aliphatic carbocycles. The Morgan fingerprint density at radius 2 is 1.87 bits per heavy atom. The summed E-state index contributed by atoms with van der Waals surface area (Å²) in [6, 6.07) is 5.24. The molecular formula is C21H20F2N2O5. The number of fused-ring (bicyclic) bond motifs is 1. The average molecular weight is 418 g/mol. The zero-order valence-electron chi connectivity index (χ0n) is 16.0. The van der Waals surface area contributed by atoms with Crippen LogP contribution in [0.15, 0.2) is 39.5 Å². The van der Waals surface area contributed by atoms with Gasteiger partial charge in [0.15, 0.2) is 17.4 Å². The van der Waals surface area contributed by atoms with E-state index in [0.717, 1.165) is 50.4 Å². The molecule has 1 aliphatic heterocycles. The van der Waals surface area contributed by atoms with Crippen LogP contribution in [-0.2, 0) is 0 Å². The lowest BCUT2D eigenvalue weighted by Crippen LogP contribution is -2.45. The maximum atomic E-state index is 13.8. The molecule has 1 aliphatic rings. The highest BCUT2D eigenvalue weighted by atomic mass is 19.2. The van der Waals surface area contributed by atoms with Gasteiger partial charge in [-0.3, -0.25) is 9.69 Å². The number of hydrogen-bond donors (Lipinski definition) is 3. The van der Waals surface area contributed by atoms with Crippen LogP contribution in [0.2, 0.25) is 0 Å². The van der Waals surface area contributed by atoms with Crippen LogP contribution in [0.4, 0.5) is 8.78 Å². The quantitative estimate of drug-likeness (QED) is 0.586. The summed E-state index contributed by atoms with van der Waals surface area (Å²) in [7, 11) is 0. The molecule has 0 atom stereocenters. The van der Waals surface area contributed by atoms with Crippen molar-refractivity contribution < 1.29 is 28.1 Å². The fraction of sp³-hybridized carbons (Fsp3) is 0.286. The number of phenols is 2. The number of ether oxygens (including phenoxy) is 1. The smallest absolute Gasteiger partial charge is 0.239 e. The van der Waals surface area contributed by atoms with Crippen LogP contribution in [-0.4, -0.2) is 54.4 Å². The van der Waals surface area contributed by atoms with Crippen LogP contribution >= 0.6 is 0 Å². The largest absolute Gasteiger partial charge is 0.508 e. The van der Waals surface area contributed by atoms with Crippen molar-refractivity contribution in [1.29, 1.82) is 0 Å². The number of piperazine rings is 1. The summed E-state index contributed by atoms with van der Waals surface area (Å²) in [5.74, 6) is -3.27. The van der Waals surface area contributed by atoms with Crippen LogP contribution in [0.25, 0.3) is 22.3 Å². The van der Waals surface area contributed by atoms with Crippen molar-refractivity contribution in [1.82, 2.24) is 10.2 Å². The van der Waals surface area contributed by atoms with Crippen molar-refractivity contribution in [2.24, 2.45) is 0 Å². The molecule has 0 saturated carbocycles. The van der Waals surface area contributed by atoms with Crippen LogP contribution in [0.1, 0.15) is 0 Å². The van der Waals surface area contributed by atoms with Gasteiger partial charge in [0.05, 0.1) is 0 Å². The van der Waals surface area contributed by atoms with Crippen LogP contribution in [0, 0.1) is 11.6 Å². The van der Waals surface area contributed by atoms with Crippen molar-refractivity contribution >= 4 is 11.0 Å². The second kappa shape index (κ2) is 8.29. The monoisotopic (exact) mass is 418 g/mol. The third-order valence-electron chi connectivity index (χ3n) is 4.96. The molecule has 0 spiro atoms. The first-order chi connectivity index (χ1) is 14.4. The van der Waals surface area contributed by atoms with Gasteiger partial charge in [0.1, 0.15) is 29.1 Å².